The van der Waals surface area contributed by atoms with Crippen molar-refractivity contribution in [3.8, 4) is 5.75 Å². The highest BCUT2D eigenvalue weighted by atomic mass is 16.5. The second-order valence-electron chi connectivity index (χ2n) is 5.53. The summed E-state index contributed by atoms with van der Waals surface area (Å²) < 4.78 is 5.63. The number of carbonyl (C=O) groups is 1. The van der Waals surface area contributed by atoms with Gasteiger partial charge in [-0.2, -0.15) is 0 Å². The molecule has 0 aliphatic rings. The molecular weight excluding hydrogens is 252 g/mol. The molecule has 1 amide bonds. The van der Waals surface area contributed by atoms with E-state index in [-0.39, 0.29) is 11.8 Å². The Balaban J connectivity index is 2.33. The molecule has 1 aromatic rings. The predicted molar refractivity (Wildman–Crippen MR) is 81.7 cm³/mol. The SMILES string of the molecule is CC(C)COc1ccc(CCNC(=O)C(C)CN)cc1. The minimum Gasteiger partial charge on any atom is -0.493 e. The zero-order valence-electron chi connectivity index (χ0n) is 12.7. The molecule has 1 rings (SSSR count). The molecule has 20 heavy (non-hydrogen) atoms. The smallest absolute Gasteiger partial charge is 0.224 e. The normalized spacial score (nSPS) is 12.2. The first-order valence-corrected chi connectivity index (χ1v) is 7.22. The molecule has 3 N–H and O–H groups in total. The molecule has 0 bridgehead atoms. The Morgan fingerprint density at radius 3 is 2.45 bits per heavy atom. The van der Waals surface area contributed by atoms with E-state index >= 15 is 0 Å². The zero-order valence-corrected chi connectivity index (χ0v) is 12.7. The van der Waals surface area contributed by atoms with Gasteiger partial charge in [-0.15, -0.1) is 0 Å². The number of nitrogens with two attached hydrogens (primary N) is 1. The van der Waals surface area contributed by atoms with Crippen LogP contribution in [0.15, 0.2) is 24.3 Å². The van der Waals surface area contributed by atoms with Crippen LogP contribution in [0.3, 0.4) is 0 Å². The highest BCUT2D eigenvalue weighted by molar-refractivity contribution is 5.78. The molecule has 1 unspecified atom stereocenters. The third-order valence-corrected chi connectivity index (χ3v) is 3.02. The number of benzene rings is 1. The summed E-state index contributed by atoms with van der Waals surface area (Å²) in [6.07, 6.45) is 0.813. The monoisotopic (exact) mass is 278 g/mol. The quantitative estimate of drug-likeness (QED) is 0.764. The summed E-state index contributed by atoms with van der Waals surface area (Å²) in [5, 5.41) is 2.89. The van der Waals surface area contributed by atoms with Crippen molar-refractivity contribution < 1.29 is 9.53 Å². The van der Waals surface area contributed by atoms with E-state index in [9.17, 15) is 4.79 Å². The molecule has 0 heterocycles. The van der Waals surface area contributed by atoms with Crippen LogP contribution in [0.5, 0.6) is 5.75 Å². The van der Waals surface area contributed by atoms with Crippen LogP contribution in [0.4, 0.5) is 0 Å². The lowest BCUT2D eigenvalue weighted by Crippen LogP contribution is -2.34. The van der Waals surface area contributed by atoms with Gasteiger partial charge in [0, 0.05) is 19.0 Å². The molecule has 0 fully saturated rings. The first kappa shape index (κ1) is 16.5. The Morgan fingerprint density at radius 1 is 1.25 bits per heavy atom. The van der Waals surface area contributed by atoms with Crippen LogP contribution in [-0.4, -0.2) is 25.6 Å². The Morgan fingerprint density at radius 2 is 1.90 bits per heavy atom. The molecule has 1 aromatic carbocycles. The number of amides is 1. The number of ether oxygens (including phenoxy) is 1. The fourth-order valence-corrected chi connectivity index (χ4v) is 1.63. The van der Waals surface area contributed by atoms with Crippen LogP contribution in [0.2, 0.25) is 0 Å². The molecule has 0 radical (unpaired) electrons. The van der Waals surface area contributed by atoms with Crippen LogP contribution in [0.1, 0.15) is 26.3 Å². The van der Waals surface area contributed by atoms with Crippen molar-refractivity contribution in [1.29, 1.82) is 0 Å². The fraction of sp³-hybridized carbons (Fsp3) is 0.562. The van der Waals surface area contributed by atoms with Gasteiger partial charge < -0.3 is 15.8 Å². The number of carbonyl (C=O) groups excluding carboxylic acids is 1. The van der Waals surface area contributed by atoms with Crippen LogP contribution >= 0.6 is 0 Å². The minimum absolute atomic E-state index is 0.0180. The Labute approximate surface area is 121 Å². The summed E-state index contributed by atoms with van der Waals surface area (Å²) in [6.45, 7) is 7.82. The zero-order chi connectivity index (χ0) is 15.0. The molecule has 112 valence electrons. The molecular formula is C16H26N2O2. The Bertz CT molecular complexity index is 401. The van der Waals surface area contributed by atoms with Gasteiger partial charge in [-0.25, -0.2) is 0 Å². The molecule has 0 spiro atoms. The number of hydrogen-bond acceptors (Lipinski definition) is 3. The number of rotatable bonds is 8. The molecule has 1 atom stereocenters. The predicted octanol–water partition coefficient (Wildman–Crippen LogP) is 1.97. The van der Waals surface area contributed by atoms with Crippen molar-refractivity contribution in [2.75, 3.05) is 19.7 Å². The van der Waals surface area contributed by atoms with E-state index in [2.05, 4.69) is 19.2 Å². The van der Waals surface area contributed by atoms with Crippen molar-refractivity contribution in [3.63, 3.8) is 0 Å². The van der Waals surface area contributed by atoms with Gasteiger partial charge in [0.2, 0.25) is 5.91 Å². The number of nitrogens with one attached hydrogen (secondary N) is 1. The largest absolute Gasteiger partial charge is 0.493 e. The maximum absolute atomic E-state index is 11.6. The van der Waals surface area contributed by atoms with Gasteiger partial charge in [-0.3, -0.25) is 4.79 Å². The minimum atomic E-state index is -0.123. The lowest BCUT2D eigenvalue weighted by molar-refractivity contribution is -0.124. The second-order valence-corrected chi connectivity index (χ2v) is 5.53. The van der Waals surface area contributed by atoms with E-state index in [0.29, 0.717) is 19.0 Å². The van der Waals surface area contributed by atoms with Gasteiger partial charge in [0.25, 0.3) is 0 Å². The van der Waals surface area contributed by atoms with Gasteiger partial charge in [0.05, 0.1) is 6.61 Å². The van der Waals surface area contributed by atoms with Gasteiger partial charge >= 0.3 is 0 Å². The van der Waals surface area contributed by atoms with Gasteiger partial charge in [-0.1, -0.05) is 32.9 Å². The van der Waals surface area contributed by atoms with Crippen molar-refractivity contribution in [2.24, 2.45) is 17.6 Å². The Hall–Kier alpha value is -1.55. The molecule has 4 heteroatoms. The molecule has 0 saturated heterocycles. The average molecular weight is 278 g/mol. The standard InChI is InChI=1S/C16H26N2O2/c1-12(2)11-20-15-6-4-14(5-7-15)8-9-18-16(19)13(3)10-17/h4-7,12-13H,8-11,17H2,1-3H3,(H,18,19). The summed E-state index contributed by atoms with van der Waals surface area (Å²) in [7, 11) is 0. The molecule has 0 aliphatic carbocycles. The van der Waals surface area contributed by atoms with Crippen LogP contribution in [-0.2, 0) is 11.2 Å². The summed E-state index contributed by atoms with van der Waals surface area (Å²) in [4.78, 5) is 11.6. The van der Waals surface area contributed by atoms with Gasteiger partial charge in [0.15, 0.2) is 0 Å². The summed E-state index contributed by atoms with van der Waals surface area (Å²) in [5.41, 5.74) is 6.63. The van der Waals surface area contributed by atoms with E-state index < -0.39 is 0 Å². The maximum atomic E-state index is 11.6. The van der Waals surface area contributed by atoms with Crippen molar-refractivity contribution >= 4 is 5.91 Å². The topological polar surface area (TPSA) is 64.3 Å². The average Bonchev–Trinajstić information content (AvgIpc) is 2.45. The van der Waals surface area contributed by atoms with Crippen molar-refractivity contribution in [1.82, 2.24) is 5.32 Å². The highest BCUT2D eigenvalue weighted by Gasteiger charge is 2.09. The van der Waals surface area contributed by atoms with Crippen molar-refractivity contribution in [3.05, 3.63) is 29.8 Å². The second kappa shape index (κ2) is 8.59. The van der Waals surface area contributed by atoms with Crippen LogP contribution < -0.4 is 15.8 Å². The van der Waals surface area contributed by atoms with Crippen LogP contribution in [0, 0.1) is 11.8 Å². The molecule has 0 aromatic heterocycles. The molecule has 4 nitrogen and oxygen atoms in total. The molecule has 0 saturated carbocycles. The van der Waals surface area contributed by atoms with Gasteiger partial charge in [-0.05, 0) is 30.0 Å². The van der Waals surface area contributed by atoms with E-state index in [4.69, 9.17) is 10.5 Å². The third-order valence-electron chi connectivity index (χ3n) is 3.02. The lowest BCUT2D eigenvalue weighted by Gasteiger charge is -2.11. The summed E-state index contributed by atoms with van der Waals surface area (Å²) >= 11 is 0. The van der Waals surface area contributed by atoms with E-state index in [0.717, 1.165) is 18.8 Å². The number of hydrogen-bond donors (Lipinski definition) is 2. The maximum Gasteiger partial charge on any atom is 0.224 e. The van der Waals surface area contributed by atoms with E-state index in [1.165, 1.54) is 5.56 Å². The lowest BCUT2D eigenvalue weighted by atomic mass is 10.1. The van der Waals surface area contributed by atoms with Crippen LogP contribution in [0.25, 0.3) is 0 Å². The van der Waals surface area contributed by atoms with E-state index in [1.807, 2.05) is 31.2 Å². The van der Waals surface area contributed by atoms with E-state index in [1.54, 1.807) is 0 Å². The first-order chi connectivity index (χ1) is 9.52. The van der Waals surface area contributed by atoms with Crippen molar-refractivity contribution in [2.45, 2.75) is 27.2 Å². The van der Waals surface area contributed by atoms with Gasteiger partial charge in [0.1, 0.15) is 5.75 Å². The highest BCUT2D eigenvalue weighted by Crippen LogP contribution is 2.13. The first-order valence-electron chi connectivity index (χ1n) is 7.22. The summed E-state index contributed by atoms with van der Waals surface area (Å²) in [6, 6.07) is 8.02. The fourth-order valence-electron chi connectivity index (χ4n) is 1.63. The molecule has 0 aliphatic heterocycles. The third kappa shape index (κ3) is 6.06. The Kier molecular flexibility index (Phi) is 7.09. The summed E-state index contributed by atoms with van der Waals surface area (Å²) in [5.74, 6) is 1.31.